The fraction of sp³-hybridized carbons (Fsp3) is 0.250. The minimum absolute atomic E-state index is 0.205. The summed E-state index contributed by atoms with van der Waals surface area (Å²) in [4.78, 5) is 18.0. The van der Waals surface area contributed by atoms with E-state index in [4.69, 9.17) is 0 Å². The Morgan fingerprint density at radius 2 is 2.00 bits per heavy atom. The maximum absolute atomic E-state index is 12.6. The second kappa shape index (κ2) is 5.58. The fourth-order valence-corrected chi connectivity index (χ4v) is 3.45. The number of aromatic amines is 1. The summed E-state index contributed by atoms with van der Waals surface area (Å²) in [6, 6.07) is 16.5. The zero-order valence-corrected chi connectivity index (χ0v) is 13.3. The van der Waals surface area contributed by atoms with Gasteiger partial charge in [0.2, 0.25) is 5.91 Å². The molecule has 0 saturated heterocycles. The summed E-state index contributed by atoms with van der Waals surface area (Å²) >= 11 is 0. The molecule has 3 aromatic rings. The monoisotopic (exact) mass is 304 g/mol. The highest BCUT2D eigenvalue weighted by molar-refractivity contribution is 5.86. The van der Waals surface area contributed by atoms with E-state index in [2.05, 4.69) is 30.1 Å². The Kier molecular flexibility index (Phi) is 3.41. The van der Waals surface area contributed by atoms with Crippen molar-refractivity contribution in [3.63, 3.8) is 0 Å². The third kappa shape index (κ3) is 2.63. The van der Waals surface area contributed by atoms with E-state index < -0.39 is 0 Å². The lowest BCUT2D eigenvalue weighted by Crippen LogP contribution is -2.36. The van der Waals surface area contributed by atoms with Crippen LogP contribution < -0.4 is 0 Å². The molecular weight excluding hydrogens is 284 g/mol. The Labute approximate surface area is 135 Å². The number of carbonyl (C=O) groups is 1. The van der Waals surface area contributed by atoms with Crippen molar-refractivity contribution < 1.29 is 4.79 Å². The molecule has 4 rings (SSSR count). The molecule has 3 nitrogen and oxygen atoms in total. The molecule has 116 valence electrons. The molecule has 0 aliphatic carbocycles. The minimum atomic E-state index is 0.205. The van der Waals surface area contributed by atoms with Crippen molar-refractivity contribution in [2.75, 3.05) is 6.54 Å². The van der Waals surface area contributed by atoms with Gasteiger partial charge in [0, 0.05) is 23.1 Å². The van der Waals surface area contributed by atoms with Crippen molar-refractivity contribution in [2.45, 2.75) is 26.3 Å². The first-order chi connectivity index (χ1) is 11.2. The first-order valence-electron chi connectivity index (χ1n) is 8.12. The zero-order valence-electron chi connectivity index (χ0n) is 13.3. The van der Waals surface area contributed by atoms with E-state index in [0.717, 1.165) is 18.5 Å². The van der Waals surface area contributed by atoms with Gasteiger partial charge in [-0.3, -0.25) is 4.79 Å². The Balaban J connectivity index is 1.57. The molecule has 2 aromatic carbocycles. The van der Waals surface area contributed by atoms with Gasteiger partial charge >= 0.3 is 0 Å². The van der Waals surface area contributed by atoms with Crippen LogP contribution >= 0.6 is 0 Å². The average Bonchev–Trinajstić information content (AvgIpc) is 2.92. The van der Waals surface area contributed by atoms with Gasteiger partial charge in [0.1, 0.15) is 0 Å². The van der Waals surface area contributed by atoms with Crippen LogP contribution in [0.3, 0.4) is 0 Å². The summed E-state index contributed by atoms with van der Waals surface area (Å²) < 4.78 is 0. The van der Waals surface area contributed by atoms with E-state index in [1.807, 2.05) is 35.2 Å². The van der Waals surface area contributed by atoms with Crippen LogP contribution in [-0.4, -0.2) is 22.3 Å². The van der Waals surface area contributed by atoms with E-state index >= 15 is 0 Å². The van der Waals surface area contributed by atoms with E-state index in [1.54, 1.807) is 0 Å². The summed E-state index contributed by atoms with van der Waals surface area (Å²) in [7, 11) is 0. The standard InChI is InChI=1S/C20H20N2O/c1-14-7-8-18-17(11-14)16-9-10-22(13-19(16)21-18)20(23)12-15-5-3-2-4-6-15/h2-8,11,21H,9-10,12-13H2,1H3. The van der Waals surface area contributed by atoms with Gasteiger partial charge in [-0.05, 0) is 36.6 Å². The highest BCUT2D eigenvalue weighted by atomic mass is 16.2. The molecule has 0 spiro atoms. The zero-order chi connectivity index (χ0) is 15.8. The van der Waals surface area contributed by atoms with Gasteiger partial charge in [-0.1, -0.05) is 42.0 Å². The highest BCUT2D eigenvalue weighted by Gasteiger charge is 2.23. The summed E-state index contributed by atoms with van der Waals surface area (Å²) in [5, 5.41) is 1.31. The summed E-state index contributed by atoms with van der Waals surface area (Å²) in [5.41, 5.74) is 6.11. The number of nitrogens with one attached hydrogen (secondary N) is 1. The third-order valence-electron chi connectivity index (χ3n) is 4.68. The van der Waals surface area contributed by atoms with Gasteiger partial charge in [0.05, 0.1) is 13.0 Å². The molecule has 0 radical (unpaired) electrons. The van der Waals surface area contributed by atoms with Crippen molar-refractivity contribution >= 4 is 16.8 Å². The second-order valence-electron chi connectivity index (χ2n) is 6.36. The largest absolute Gasteiger partial charge is 0.357 e. The Hall–Kier alpha value is -2.55. The molecule has 1 aliphatic heterocycles. The van der Waals surface area contributed by atoms with Crippen molar-refractivity contribution in [3.05, 3.63) is 70.9 Å². The molecule has 0 bridgehead atoms. The molecule has 23 heavy (non-hydrogen) atoms. The molecule has 0 saturated carbocycles. The lowest BCUT2D eigenvalue weighted by Gasteiger charge is -2.27. The minimum Gasteiger partial charge on any atom is -0.357 e. The maximum Gasteiger partial charge on any atom is 0.227 e. The molecule has 1 aliphatic rings. The summed E-state index contributed by atoms with van der Waals surface area (Å²) in [6.07, 6.45) is 1.41. The van der Waals surface area contributed by atoms with Crippen LogP contribution in [0.1, 0.15) is 22.4 Å². The Morgan fingerprint density at radius 1 is 1.17 bits per heavy atom. The summed E-state index contributed by atoms with van der Waals surface area (Å²) in [6.45, 7) is 3.62. The van der Waals surface area contributed by atoms with Gasteiger partial charge in [-0.25, -0.2) is 0 Å². The number of amides is 1. The molecule has 2 heterocycles. The molecule has 3 heteroatoms. The number of carbonyl (C=O) groups excluding carboxylic acids is 1. The van der Waals surface area contributed by atoms with Gasteiger partial charge < -0.3 is 9.88 Å². The van der Waals surface area contributed by atoms with Crippen LogP contribution in [0.2, 0.25) is 0 Å². The third-order valence-corrected chi connectivity index (χ3v) is 4.68. The van der Waals surface area contributed by atoms with Crippen molar-refractivity contribution in [1.29, 1.82) is 0 Å². The van der Waals surface area contributed by atoms with Crippen LogP contribution in [0.4, 0.5) is 0 Å². The first-order valence-corrected chi connectivity index (χ1v) is 8.12. The number of H-pyrrole nitrogens is 1. The lowest BCUT2D eigenvalue weighted by molar-refractivity contribution is -0.131. The van der Waals surface area contributed by atoms with Gasteiger partial charge in [0.15, 0.2) is 0 Å². The lowest BCUT2D eigenvalue weighted by atomic mass is 10.0. The number of benzene rings is 2. The number of hydrogen-bond donors (Lipinski definition) is 1. The van der Waals surface area contributed by atoms with Crippen LogP contribution in [0.15, 0.2) is 48.5 Å². The molecule has 0 fully saturated rings. The van der Waals surface area contributed by atoms with Crippen LogP contribution in [0, 0.1) is 6.92 Å². The number of nitrogens with zero attached hydrogens (tertiary/aromatic N) is 1. The van der Waals surface area contributed by atoms with Crippen molar-refractivity contribution in [3.8, 4) is 0 Å². The highest BCUT2D eigenvalue weighted by Crippen LogP contribution is 2.28. The van der Waals surface area contributed by atoms with Crippen LogP contribution in [0.5, 0.6) is 0 Å². The molecule has 1 N–H and O–H groups in total. The molecule has 0 atom stereocenters. The number of hydrogen-bond acceptors (Lipinski definition) is 1. The van der Waals surface area contributed by atoms with E-state index in [0.29, 0.717) is 13.0 Å². The van der Waals surface area contributed by atoms with Crippen LogP contribution in [0.25, 0.3) is 10.9 Å². The smallest absolute Gasteiger partial charge is 0.227 e. The van der Waals surface area contributed by atoms with Gasteiger partial charge in [-0.15, -0.1) is 0 Å². The normalized spacial score (nSPS) is 14.0. The predicted octanol–water partition coefficient (Wildman–Crippen LogP) is 3.60. The molecule has 1 amide bonds. The average molecular weight is 304 g/mol. The number of aryl methyl sites for hydroxylation is 1. The Morgan fingerprint density at radius 3 is 2.83 bits per heavy atom. The molecule has 1 aromatic heterocycles. The van der Waals surface area contributed by atoms with Crippen molar-refractivity contribution in [1.82, 2.24) is 9.88 Å². The molecular formula is C20H20N2O. The first kappa shape index (κ1) is 14.1. The maximum atomic E-state index is 12.6. The molecule has 0 unspecified atom stereocenters. The van der Waals surface area contributed by atoms with Gasteiger partial charge in [0.25, 0.3) is 0 Å². The van der Waals surface area contributed by atoms with E-state index in [-0.39, 0.29) is 5.91 Å². The van der Waals surface area contributed by atoms with Crippen LogP contribution in [-0.2, 0) is 24.2 Å². The number of rotatable bonds is 2. The predicted molar refractivity (Wildman–Crippen MR) is 92.3 cm³/mol. The SMILES string of the molecule is Cc1ccc2[nH]c3c(c2c1)CCN(C(=O)Cc1ccccc1)C3. The summed E-state index contributed by atoms with van der Waals surface area (Å²) in [5.74, 6) is 0.205. The Bertz CT molecular complexity index is 864. The van der Waals surface area contributed by atoms with E-state index in [1.165, 1.54) is 27.7 Å². The fourth-order valence-electron chi connectivity index (χ4n) is 3.45. The quantitative estimate of drug-likeness (QED) is 0.771. The number of aromatic nitrogens is 1. The van der Waals surface area contributed by atoms with Gasteiger partial charge in [-0.2, -0.15) is 0 Å². The second-order valence-corrected chi connectivity index (χ2v) is 6.36. The van der Waals surface area contributed by atoms with Crippen molar-refractivity contribution in [2.24, 2.45) is 0 Å². The number of fused-ring (bicyclic) bond motifs is 3. The van der Waals surface area contributed by atoms with E-state index in [9.17, 15) is 4.79 Å². The topological polar surface area (TPSA) is 36.1 Å².